The van der Waals surface area contributed by atoms with Crippen molar-refractivity contribution in [1.82, 2.24) is 4.98 Å². The van der Waals surface area contributed by atoms with Gasteiger partial charge in [-0.25, -0.2) is 4.99 Å². The Hall–Kier alpha value is -3.91. The normalized spacial score (nSPS) is 10.8. The molecule has 0 unspecified atom stereocenters. The van der Waals surface area contributed by atoms with Gasteiger partial charge in [0.05, 0.1) is 11.4 Å². The van der Waals surface area contributed by atoms with Gasteiger partial charge in [-0.2, -0.15) is 0 Å². The van der Waals surface area contributed by atoms with Gasteiger partial charge >= 0.3 is 0 Å². The molecule has 5 rings (SSSR count). The zero-order valence-electron chi connectivity index (χ0n) is 15.9. The van der Waals surface area contributed by atoms with Crippen LogP contribution in [-0.4, -0.2) is 10.7 Å². The number of aromatic amines is 1. The summed E-state index contributed by atoms with van der Waals surface area (Å²) in [6, 6.07) is 39.5. The van der Waals surface area contributed by atoms with E-state index in [0.717, 1.165) is 39.3 Å². The summed E-state index contributed by atoms with van der Waals surface area (Å²) in [5.74, 6) is 0. The molecule has 0 aliphatic rings. The molecule has 138 valence electrons. The van der Waals surface area contributed by atoms with Gasteiger partial charge in [0, 0.05) is 33.3 Å². The van der Waals surface area contributed by atoms with Gasteiger partial charge in [0.2, 0.25) is 0 Å². The fraction of sp³-hybridized carbons (Fsp3) is 0. The minimum Gasteiger partial charge on any atom is -0.354 e. The number of H-pyrrole nitrogens is 1. The SMILES string of the molecule is c1ccc(C(=Nc2ccccc2-c2cc3ccccc3[nH]2)c2ccccc2)cc1. The van der Waals surface area contributed by atoms with Gasteiger partial charge < -0.3 is 4.98 Å². The molecule has 1 aromatic heterocycles. The quantitative estimate of drug-likeness (QED) is 0.329. The molecule has 0 spiro atoms. The molecule has 0 saturated carbocycles. The highest BCUT2D eigenvalue weighted by molar-refractivity contribution is 6.14. The number of nitrogens with one attached hydrogen (secondary N) is 1. The Morgan fingerprint density at radius 1 is 0.586 bits per heavy atom. The van der Waals surface area contributed by atoms with E-state index in [9.17, 15) is 0 Å². The summed E-state index contributed by atoms with van der Waals surface area (Å²) in [5, 5.41) is 1.20. The molecule has 0 radical (unpaired) electrons. The van der Waals surface area contributed by atoms with Crippen LogP contribution in [0.15, 0.2) is 120 Å². The summed E-state index contributed by atoms with van der Waals surface area (Å²) >= 11 is 0. The number of para-hydroxylation sites is 2. The lowest BCUT2D eigenvalue weighted by Crippen LogP contribution is -2.02. The fourth-order valence-corrected chi connectivity index (χ4v) is 3.63. The summed E-state index contributed by atoms with van der Waals surface area (Å²) in [4.78, 5) is 8.68. The maximum Gasteiger partial charge on any atom is 0.0781 e. The Kier molecular flexibility index (Phi) is 4.51. The highest BCUT2D eigenvalue weighted by atomic mass is 14.8. The van der Waals surface area contributed by atoms with Crippen LogP contribution in [0.5, 0.6) is 0 Å². The third-order valence-electron chi connectivity index (χ3n) is 5.05. The van der Waals surface area contributed by atoms with Crippen LogP contribution in [0.2, 0.25) is 0 Å². The van der Waals surface area contributed by atoms with E-state index < -0.39 is 0 Å². The van der Waals surface area contributed by atoms with Crippen LogP contribution in [0.3, 0.4) is 0 Å². The first-order chi connectivity index (χ1) is 14.4. The maximum atomic E-state index is 5.14. The molecule has 0 aliphatic carbocycles. The number of aliphatic imine (C=N–C) groups is 1. The minimum absolute atomic E-state index is 0.946. The van der Waals surface area contributed by atoms with Gasteiger partial charge in [-0.05, 0) is 18.2 Å². The Labute approximate surface area is 170 Å². The van der Waals surface area contributed by atoms with E-state index in [1.807, 2.05) is 18.2 Å². The zero-order chi connectivity index (χ0) is 19.5. The van der Waals surface area contributed by atoms with Gasteiger partial charge in [0.1, 0.15) is 0 Å². The molecule has 2 nitrogen and oxygen atoms in total. The smallest absolute Gasteiger partial charge is 0.0781 e. The first kappa shape index (κ1) is 17.2. The second-order valence-electron chi connectivity index (χ2n) is 6.98. The number of rotatable bonds is 4. The predicted molar refractivity (Wildman–Crippen MR) is 122 cm³/mol. The molecule has 5 aromatic rings. The molecule has 0 amide bonds. The van der Waals surface area contributed by atoms with Crippen molar-refractivity contribution in [2.24, 2.45) is 4.99 Å². The van der Waals surface area contributed by atoms with E-state index in [2.05, 4.69) is 102 Å². The minimum atomic E-state index is 0.946. The molecule has 1 N–H and O–H groups in total. The van der Waals surface area contributed by atoms with Crippen molar-refractivity contribution in [1.29, 1.82) is 0 Å². The lowest BCUT2D eigenvalue weighted by Gasteiger charge is -2.10. The van der Waals surface area contributed by atoms with Crippen LogP contribution in [-0.2, 0) is 0 Å². The van der Waals surface area contributed by atoms with Crippen LogP contribution in [0.4, 0.5) is 5.69 Å². The predicted octanol–water partition coefficient (Wildman–Crippen LogP) is 7.00. The number of hydrogen-bond donors (Lipinski definition) is 1. The van der Waals surface area contributed by atoms with Crippen molar-refractivity contribution in [2.45, 2.75) is 0 Å². The average molecular weight is 372 g/mol. The maximum absolute atomic E-state index is 5.14. The second kappa shape index (κ2) is 7.61. The molecule has 4 aromatic carbocycles. The average Bonchev–Trinajstić information content (AvgIpc) is 3.23. The number of benzene rings is 4. The molecular formula is C27H20N2. The van der Waals surface area contributed by atoms with Crippen LogP contribution >= 0.6 is 0 Å². The van der Waals surface area contributed by atoms with Crippen LogP contribution in [0.25, 0.3) is 22.2 Å². The van der Waals surface area contributed by atoms with E-state index in [1.165, 1.54) is 5.39 Å². The topological polar surface area (TPSA) is 28.1 Å². The molecule has 1 heterocycles. The van der Waals surface area contributed by atoms with Gasteiger partial charge in [0.15, 0.2) is 0 Å². The van der Waals surface area contributed by atoms with Crippen molar-refractivity contribution in [3.63, 3.8) is 0 Å². The summed E-state index contributed by atoms with van der Waals surface area (Å²) in [5.41, 5.74) is 7.42. The van der Waals surface area contributed by atoms with Crippen LogP contribution < -0.4 is 0 Å². The van der Waals surface area contributed by atoms with E-state index in [1.54, 1.807) is 0 Å². The number of nitrogens with zero attached hydrogens (tertiary/aromatic N) is 1. The fourth-order valence-electron chi connectivity index (χ4n) is 3.63. The molecule has 0 bridgehead atoms. The first-order valence-electron chi connectivity index (χ1n) is 9.75. The second-order valence-corrected chi connectivity index (χ2v) is 6.98. The Morgan fingerprint density at radius 3 is 1.86 bits per heavy atom. The lowest BCUT2D eigenvalue weighted by molar-refractivity contribution is 1.42. The molecule has 0 aliphatic heterocycles. The molecule has 0 fully saturated rings. The van der Waals surface area contributed by atoms with E-state index in [-0.39, 0.29) is 0 Å². The highest BCUT2D eigenvalue weighted by Gasteiger charge is 2.11. The van der Waals surface area contributed by atoms with Gasteiger partial charge in [0.25, 0.3) is 0 Å². The van der Waals surface area contributed by atoms with Crippen molar-refractivity contribution < 1.29 is 0 Å². The van der Waals surface area contributed by atoms with E-state index in [0.29, 0.717) is 0 Å². The third kappa shape index (κ3) is 3.48. The standard InChI is InChI=1S/C27H20N2/c1-3-11-20(12-4-1)27(21-13-5-2-6-14-21)29-25-18-10-8-16-23(25)26-19-22-15-7-9-17-24(22)28-26/h1-19,28H. The number of hydrogen-bond acceptors (Lipinski definition) is 1. The molecule has 0 saturated heterocycles. The van der Waals surface area contributed by atoms with E-state index in [4.69, 9.17) is 4.99 Å². The first-order valence-corrected chi connectivity index (χ1v) is 9.75. The van der Waals surface area contributed by atoms with Crippen molar-refractivity contribution in [2.75, 3.05) is 0 Å². The van der Waals surface area contributed by atoms with Gasteiger partial charge in [-0.1, -0.05) is 97.1 Å². The van der Waals surface area contributed by atoms with Crippen LogP contribution in [0, 0.1) is 0 Å². The molecular weight excluding hydrogens is 352 g/mol. The summed E-state index contributed by atoms with van der Waals surface area (Å²) in [6.07, 6.45) is 0. The van der Waals surface area contributed by atoms with Crippen molar-refractivity contribution in [3.05, 3.63) is 126 Å². The highest BCUT2D eigenvalue weighted by Crippen LogP contribution is 2.32. The summed E-state index contributed by atoms with van der Waals surface area (Å²) in [7, 11) is 0. The van der Waals surface area contributed by atoms with Gasteiger partial charge in [-0.15, -0.1) is 0 Å². The van der Waals surface area contributed by atoms with Gasteiger partial charge in [-0.3, -0.25) is 0 Å². The van der Waals surface area contributed by atoms with E-state index >= 15 is 0 Å². The lowest BCUT2D eigenvalue weighted by atomic mass is 10.0. The number of aromatic nitrogens is 1. The summed E-state index contributed by atoms with van der Waals surface area (Å²) < 4.78 is 0. The van der Waals surface area contributed by atoms with Crippen LogP contribution in [0.1, 0.15) is 11.1 Å². The summed E-state index contributed by atoms with van der Waals surface area (Å²) in [6.45, 7) is 0. The Bertz CT molecular complexity index is 1210. The Balaban J connectivity index is 1.69. The largest absolute Gasteiger partial charge is 0.354 e. The number of fused-ring (bicyclic) bond motifs is 1. The zero-order valence-corrected chi connectivity index (χ0v) is 15.9. The molecule has 0 atom stereocenters. The van der Waals surface area contributed by atoms with Crippen molar-refractivity contribution in [3.8, 4) is 11.3 Å². The molecule has 2 heteroatoms. The molecule has 29 heavy (non-hydrogen) atoms. The monoisotopic (exact) mass is 372 g/mol. The Morgan fingerprint density at radius 2 is 1.17 bits per heavy atom. The van der Waals surface area contributed by atoms with Crippen molar-refractivity contribution >= 4 is 22.3 Å². The third-order valence-corrected chi connectivity index (χ3v) is 5.05.